The summed E-state index contributed by atoms with van der Waals surface area (Å²) in [6, 6.07) is 5.74. The highest BCUT2D eigenvalue weighted by Crippen LogP contribution is 2.30. The fourth-order valence-corrected chi connectivity index (χ4v) is 4.34. The van der Waals surface area contributed by atoms with Gasteiger partial charge in [-0.05, 0) is 12.1 Å². The first kappa shape index (κ1) is 20.5. The summed E-state index contributed by atoms with van der Waals surface area (Å²) in [4.78, 5) is 37.1. The van der Waals surface area contributed by atoms with Crippen LogP contribution in [0.2, 0.25) is 10.0 Å². The predicted octanol–water partition coefficient (Wildman–Crippen LogP) is 4.20. The number of hydrogen-bond acceptors (Lipinski definition) is 6. The van der Waals surface area contributed by atoms with E-state index in [1.165, 1.54) is 10.6 Å². The molecule has 0 spiro atoms. The van der Waals surface area contributed by atoms with Gasteiger partial charge in [0.2, 0.25) is 0 Å². The molecule has 0 fully saturated rings. The number of nitro groups is 2. The molecule has 1 heterocycles. The number of carbonyl (C=O) groups excluding carboxylic acids is 1. The van der Waals surface area contributed by atoms with Crippen molar-refractivity contribution in [1.82, 2.24) is 4.57 Å². The average Bonchev–Trinajstić information content (AvgIpc) is 2.98. The number of aromatic nitrogens is 1. The van der Waals surface area contributed by atoms with Crippen LogP contribution in [-0.4, -0.2) is 20.3 Å². The number of halogens is 2. The summed E-state index contributed by atoms with van der Waals surface area (Å²) in [5, 5.41) is 22.7. The fourth-order valence-electron chi connectivity index (χ4n) is 2.53. The third kappa shape index (κ3) is 4.12. The molecule has 0 unspecified atom stereocenters. The van der Waals surface area contributed by atoms with Gasteiger partial charge in [0.15, 0.2) is 4.80 Å². The third-order valence-electron chi connectivity index (χ3n) is 3.71. The summed E-state index contributed by atoms with van der Waals surface area (Å²) in [5.41, 5.74) is -0.976. The van der Waals surface area contributed by atoms with E-state index in [2.05, 4.69) is 10.9 Å². The molecular weight excluding hydrogens is 443 g/mol. The Bertz CT molecular complexity index is 1270. The van der Waals surface area contributed by atoms with Gasteiger partial charge in [-0.25, -0.2) is 0 Å². The second-order valence-electron chi connectivity index (χ2n) is 5.58. The minimum absolute atomic E-state index is 0.0442. The quantitative estimate of drug-likeness (QED) is 0.334. The van der Waals surface area contributed by atoms with Gasteiger partial charge in [-0.3, -0.25) is 25.0 Å². The molecule has 146 valence electrons. The zero-order valence-corrected chi connectivity index (χ0v) is 16.5. The maximum atomic E-state index is 12.6. The van der Waals surface area contributed by atoms with E-state index < -0.39 is 27.1 Å². The predicted molar refractivity (Wildman–Crippen MR) is 108 cm³/mol. The van der Waals surface area contributed by atoms with Crippen LogP contribution in [0.1, 0.15) is 10.4 Å². The number of fused-ring (bicyclic) bond motifs is 1. The molecule has 0 bridgehead atoms. The van der Waals surface area contributed by atoms with Gasteiger partial charge in [-0.2, -0.15) is 4.99 Å². The Morgan fingerprint density at radius 1 is 1.14 bits per heavy atom. The lowest BCUT2D eigenvalue weighted by Crippen LogP contribution is -2.16. The Morgan fingerprint density at radius 2 is 1.76 bits per heavy atom. The van der Waals surface area contributed by atoms with Gasteiger partial charge in [0.1, 0.15) is 0 Å². The van der Waals surface area contributed by atoms with E-state index in [4.69, 9.17) is 29.6 Å². The second-order valence-corrected chi connectivity index (χ2v) is 7.43. The molecule has 0 atom stereocenters. The van der Waals surface area contributed by atoms with Crippen LogP contribution in [-0.2, 0) is 6.54 Å². The Kier molecular flexibility index (Phi) is 5.65. The van der Waals surface area contributed by atoms with Gasteiger partial charge in [-0.15, -0.1) is 6.42 Å². The van der Waals surface area contributed by atoms with E-state index >= 15 is 0 Å². The number of rotatable bonds is 4. The van der Waals surface area contributed by atoms with Gasteiger partial charge < -0.3 is 4.57 Å². The smallest absolute Gasteiger partial charge is 0.280 e. The molecule has 3 rings (SSSR count). The first-order valence-corrected chi connectivity index (χ1v) is 9.23. The Balaban J connectivity index is 2.22. The minimum Gasteiger partial charge on any atom is -0.303 e. The molecule has 0 aliphatic heterocycles. The van der Waals surface area contributed by atoms with E-state index in [0.717, 1.165) is 29.5 Å². The lowest BCUT2D eigenvalue weighted by Gasteiger charge is -2.02. The van der Waals surface area contributed by atoms with Gasteiger partial charge in [-0.1, -0.05) is 40.5 Å². The third-order valence-corrected chi connectivity index (χ3v) is 5.24. The molecule has 0 radical (unpaired) electrons. The van der Waals surface area contributed by atoms with Crippen molar-refractivity contribution in [1.29, 1.82) is 0 Å². The van der Waals surface area contributed by atoms with Crippen molar-refractivity contribution in [3.05, 3.63) is 71.0 Å². The van der Waals surface area contributed by atoms with E-state index in [9.17, 15) is 25.0 Å². The molecule has 1 amide bonds. The molecule has 2 aromatic carbocycles. The number of terminal acetylenes is 1. The van der Waals surface area contributed by atoms with Crippen LogP contribution < -0.4 is 4.80 Å². The monoisotopic (exact) mass is 450 g/mol. The highest BCUT2D eigenvalue weighted by atomic mass is 35.5. The summed E-state index contributed by atoms with van der Waals surface area (Å²) in [6.07, 6.45) is 5.40. The van der Waals surface area contributed by atoms with E-state index in [-0.39, 0.29) is 16.9 Å². The molecule has 29 heavy (non-hydrogen) atoms. The zero-order chi connectivity index (χ0) is 21.3. The number of non-ortho nitro benzene ring substituents is 2. The van der Waals surface area contributed by atoms with Crippen molar-refractivity contribution in [2.75, 3.05) is 0 Å². The molecule has 12 heteroatoms. The minimum atomic E-state index is -0.906. The standard InChI is InChI=1S/C17H8Cl2N4O5S/c1-2-3-21-15-13(19)6-10(18)7-14(15)29-17(21)20-16(24)9-4-11(22(25)26)8-12(5-9)23(27)28/h1,4-8H,3H2. The summed E-state index contributed by atoms with van der Waals surface area (Å²) in [6.45, 7) is 0.0442. The van der Waals surface area contributed by atoms with Crippen LogP contribution in [0.3, 0.4) is 0 Å². The maximum absolute atomic E-state index is 12.6. The van der Waals surface area contributed by atoms with Gasteiger partial charge >= 0.3 is 0 Å². The van der Waals surface area contributed by atoms with Crippen LogP contribution in [0, 0.1) is 32.6 Å². The number of amides is 1. The summed E-state index contributed by atoms with van der Waals surface area (Å²) >= 11 is 13.3. The van der Waals surface area contributed by atoms with Crippen molar-refractivity contribution >= 4 is 62.0 Å². The lowest BCUT2D eigenvalue weighted by molar-refractivity contribution is -0.394. The van der Waals surface area contributed by atoms with Crippen molar-refractivity contribution in [2.45, 2.75) is 6.54 Å². The molecule has 0 N–H and O–H groups in total. The Labute approximate surface area is 176 Å². The van der Waals surface area contributed by atoms with E-state index in [0.29, 0.717) is 20.3 Å². The van der Waals surface area contributed by atoms with Crippen LogP contribution in [0.5, 0.6) is 0 Å². The van der Waals surface area contributed by atoms with Crippen LogP contribution in [0.25, 0.3) is 10.2 Å². The highest BCUT2D eigenvalue weighted by molar-refractivity contribution is 7.16. The Morgan fingerprint density at radius 3 is 2.31 bits per heavy atom. The second kappa shape index (κ2) is 8.00. The highest BCUT2D eigenvalue weighted by Gasteiger charge is 2.20. The van der Waals surface area contributed by atoms with Crippen LogP contribution in [0.15, 0.2) is 35.3 Å². The van der Waals surface area contributed by atoms with Crippen molar-refractivity contribution in [3.8, 4) is 12.3 Å². The first-order valence-electron chi connectivity index (χ1n) is 7.66. The Hall–Kier alpha value is -3.26. The number of nitro benzene ring substituents is 2. The normalized spacial score (nSPS) is 11.4. The fraction of sp³-hybridized carbons (Fsp3) is 0.0588. The summed E-state index contributed by atoms with van der Waals surface area (Å²) < 4.78 is 2.14. The van der Waals surface area contributed by atoms with Crippen molar-refractivity contribution < 1.29 is 14.6 Å². The number of hydrogen-bond donors (Lipinski definition) is 0. The van der Waals surface area contributed by atoms with Gasteiger partial charge in [0.25, 0.3) is 17.3 Å². The molecule has 9 nitrogen and oxygen atoms in total. The number of nitrogens with zero attached hydrogens (tertiary/aromatic N) is 4. The topological polar surface area (TPSA) is 121 Å². The molecule has 1 aromatic heterocycles. The molecule has 0 saturated carbocycles. The SMILES string of the molecule is C#CCn1c(=NC(=O)c2cc([N+](=O)[O-])cc([N+](=O)[O-])c2)sc2cc(Cl)cc(Cl)c21. The largest absolute Gasteiger partial charge is 0.303 e. The number of benzene rings is 2. The molecule has 3 aromatic rings. The zero-order valence-electron chi connectivity index (χ0n) is 14.2. The van der Waals surface area contributed by atoms with Crippen LogP contribution in [0.4, 0.5) is 11.4 Å². The molecule has 0 aliphatic carbocycles. The lowest BCUT2D eigenvalue weighted by atomic mass is 10.1. The van der Waals surface area contributed by atoms with E-state index in [1.54, 1.807) is 6.07 Å². The molecule has 0 saturated heterocycles. The van der Waals surface area contributed by atoms with E-state index in [1.807, 2.05) is 0 Å². The number of thiazole rings is 1. The van der Waals surface area contributed by atoms with Gasteiger partial charge in [0.05, 0.1) is 43.3 Å². The van der Waals surface area contributed by atoms with Crippen molar-refractivity contribution in [3.63, 3.8) is 0 Å². The van der Waals surface area contributed by atoms with Crippen LogP contribution >= 0.6 is 34.5 Å². The summed E-state index contributed by atoms with van der Waals surface area (Å²) in [5.74, 6) is 1.53. The van der Waals surface area contributed by atoms with Gasteiger partial charge in [0, 0.05) is 17.2 Å². The maximum Gasteiger partial charge on any atom is 0.280 e. The van der Waals surface area contributed by atoms with Crippen molar-refractivity contribution in [2.24, 2.45) is 4.99 Å². The number of carbonyl (C=O) groups is 1. The molecule has 0 aliphatic rings. The molecular formula is C17H8Cl2N4O5S. The summed E-state index contributed by atoms with van der Waals surface area (Å²) in [7, 11) is 0. The first-order chi connectivity index (χ1) is 13.7. The average molecular weight is 451 g/mol.